The van der Waals surface area contributed by atoms with Crippen molar-refractivity contribution in [3.05, 3.63) is 48.5 Å². The Balaban J connectivity index is 1.75. The summed E-state index contributed by atoms with van der Waals surface area (Å²) >= 11 is 0. The summed E-state index contributed by atoms with van der Waals surface area (Å²) in [4.78, 5) is 15.5. The standard InChI is InChI=1S/C16H17N5O/c1-20-8-2-3-13(20)14-11-22-10-9-21(14)15-5-4-12-16(19-15)18-7-6-17-12/h2-8,14H,9-11H2,1H3. The Morgan fingerprint density at radius 2 is 2.09 bits per heavy atom. The fourth-order valence-corrected chi connectivity index (χ4v) is 2.95. The highest BCUT2D eigenvalue weighted by atomic mass is 16.5. The molecule has 3 aromatic rings. The summed E-state index contributed by atoms with van der Waals surface area (Å²) in [5, 5.41) is 0. The number of hydrogen-bond donors (Lipinski definition) is 0. The highest BCUT2D eigenvalue weighted by Gasteiger charge is 2.27. The number of morpholine rings is 1. The maximum absolute atomic E-state index is 5.69. The number of ether oxygens (including phenoxy) is 1. The number of fused-ring (bicyclic) bond motifs is 1. The van der Waals surface area contributed by atoms with Crippen LogP contribution in [0.15, 0.2) is 42.9 Å². The van der Waals surface area contributed by atoms with Gasteiger partial charge in [0.05, 0.1) is 19.3 Å². The van der Waals surface area contributed by atoms with Crippen LogP contribution >= 0.6 is 0 Å². The van der Waals surface area contributed by atoms with E-state index in [1.54, 1.807) is 12.4 Å². The smallest absolute Gasteiger partial charge is 0.180 e. The molecule has 0 radical (unpaired) electrons. The van der Waals surface area contributed by atoms with Crippen LogP contribution in [0.25, 0.3) is 11.2 Å². The lowest BCUT2D eigenvalue weighted by Gasteiger charge is -2.36. The fourth-order valence-electron chi connectivity index (χ4n) is 2.95. The summed E-state index contributed by atoms with van der Waals surface area (Å²) in [6.45, 7) is 2.19. The molecule has 1 saturated heterocycles. The van der Waals surface area contributed by atoms with Gasteiger partial charge in [0.25, 0.3) is 0 Å². The average molecular weight is 295 g/mol. The zero-order valence-electron chi connectivity index (χ0n) is 12.4. The minimum Gasteiger partial charge on any atom is -0.377 e. The lowest BCUT2D eigenvalue weighted by Crippen LogP contribution is -2.40. The Labute approximate surface area is 128 Å². The molecule has 0 aromatic carbocycles. The Morgan fingerprint density at radius 1 is 1.18 bits per heavy atom. The van der Waals surface area contributed by atoms with Crippen molar-refractivity contribution in [3.8, 4) is 0 Å². The Hall–Kier alpha value is -2.47. The van der Waals surface area contributed by atoms with Gasteiger partial charge in [0.1, 0.15) is 11.3 Å². The summed E-state index contributed by atoms with van der Waals surface area (Å²) in [6.07, 6.45) is 5.42. The SMILES string of the molecule is Cn1cccc1C1COCCN1c1ccc2nccnc2n1. The van der Waals surface area contributed by atoms with E-state index in [1.807, 2.05) is 12.1 Å². The first-order valence-electron chi connectivity index (χ1n) is 7.36. The van der Waals surface area contributed by atoms with Crippen molar-refractivity contribution in [1.82, 2.24) is 19.5 Å². The molecule has 1 aliphatic heterocycles. The predicted octanol–water partition coefficient (Wildman–Crippen LogP) is 1.94. The molecule has 0 amide bonds. The van der Waals surface area contributed by atoms with E-state index < -0.39 is 0 Å². The lowest BCUT2D eigenvalue weighted by molar-refractivity contribution is 0.0918. The van der Waals surface area contributed by atoms with Gasteiger partial charge in [-0.05, 0) is 24.3 Å². The van der Waals surface area contributed by atoms with Crippen molar-refractivity contribution in [1.29, 1.82) is 0 Å². The number of anilines is 1. The molecule has 6 nitrogen and oxygen atoms in total. The Morgan fingerprint density at radius 3 is 2.95 bits per heavy atom. The quantitative estimate of drug-likeness (QED) is 0.723. The van der Waals surface area contributed by atoms with Gasteiger partial charge in [-0.25, -0.2) is 9.97 Å². The molecule has 1 fully saturated rings. The van der Waals surface area contributed by atoms with Gasteiger partial charge in [-0.3, -0.25) is 4.98 Å². The van der Waals surface area contributed by atoms with Crippen LogP contribution in [0.2, 0.25) is 0 Å². The topological polar surface area (TPSA) is 56.1 Å². The van der Waals surface area contributed by atoms with Crippen LogP contribution in [0.3, 0.4) is 0 Å². The molecular weight excluding hydrogens is 278 g/mol. The van der Waals surface area contributed by atoms with Crippen LogP contribution in [-0.2, 0) is 11.8 Å². The van der Waals surface area contributed by atoms with Crippen LogP contribution in [-0.4, -0.2) is 39.3 Å². The summed E-state index contributed by atoms with van der Waals surface area (Å²) in [7, 11) is 2.06. The maximum Gasteiger partial charge on any atom is 0.180 e. The number of aromatic nitrogens is 4. The van der Waals surface area contributed by atoms with Gasteiger partial charge in [-0.1, -0.05) is 0 Å². The van der Waals surface area contributed by atoms with Gasteiger partial charge in [0.2, 0.25) is 0 Å². The average Bonchev–Trinajstić information content (AvgIpc) is 3.00. The molecule has 0 spiro atoms. The van der Waals surface area contributed by atoms with Crippen LogP contribution in [0, 0.1) is 0 Å². The Bertz CT molecular complexity index is 800. The highest BCUT2D eigenvalue weighted by Crippen LogP contribution is 2.29. The molecule has 0 aliphatic carbocycles. The minimum atomic E-state index is 0.162. The Kier molecular flexibility index (Phi) is 3.23. The largest absolute Gasteiger partial charge is 0.377 e. The van der Waals surface area contributed by atoms with E-state index in [9.17, 15) is 0 Å². The van der Waals surface area contributed by atoms with Crippen LogP contribution in [0.4, 0.5) is 5.82 Å². The molecule has 0 bridgehead atoms. The van der Waals surface area contributed by atoms with Crippen molar-refractivity contribution >= 4 is 17.0 Å². The zero-order chi connectivity index (χ0) is 14.9. The van der Waals surface area contributed by atoms with Crippen molar-refractivity contribution in [2.75, 3.05) is 24.7 Å². The van der Waals surface area contributed by atoms with Gasteiger partial charge >= 0.3 is 0 Å². The van der Waals surface area contributed by atoms with Crippen LogP contribution < -0.4 is 4.90 Å². The highest BCUT2D eigenvalue weighted by molar-refractivity contribution is 5.71. The number of nitrogens with zero attached hydrogens (tertiary/aromatic N) is 5. The molecule has 1 atom stereocenters. The van der Waals surface area contributed by atoms with Gasteiger partial charge in [0.15, 0.2) is 5.65 Å². The molecule has 0 saturated carbocycles. The van der Waals surface area contributed by atoms with E-state index in [0.29, 0.717) is 18.9 Å². The molecule has 4 rings (SSSR count). The third-order valence-corrected chi connectivity index (χ3v) is 4.07. The third kappa shape index (κ3) is 2.21. The number of hydrogen-bond acceptors (Lipinski definition) is 5. The summed E-state index contributed by atoms with van der Waals surface area (Å²) < 4.78 is 7.82. The second-order valence-corrected chi connectivity index (χ2v) is 5.40. The van der Waals surface area contributed by atoms with Gasteiger partial charge in [0, 0.05) is 37.9 Å². The molecule has 1 aliphatic rings. The van der Waals surface area contributed by atoms with E-state index in [1.165, 1.54) is 5.69 Å². The second kappa shape index (κ2) is 5.38. The number of aryl methyl sites for hydroxylation is 1. The molecule has 0 N–H and O–H groups in total. The van der Waals surface area contributed by atoms with Crippen molar-refractivity contribution in [2.24, 2.45) is 7.05 Å². The summed E-state index contributed by atoms with van der Waals surface area (Å²) in [5.41, 5.74) is 2.72. The van der Waals surface area contributed by atoms with E-state index in [2.05, 4.69) is 49.8 Å². The fraction of sp³-hybridized carbons (Fsp3) is 0.312. The third-order valence-electron chi connectivity index (χ3n) is 4.07. The zero-order valence-corrected chi connectivity index (χ0v) is 12.4. The minimum absolute atomic E-state index is 0.162. The number of rotatable bonds is 2. The van der Waals surface area contributed by atoms with E-state index in [4.69, 9.17) is 4.74 Å². The maximum atomic E-state index is 5.69. The summed E-state index contributed by atoms with van der Waals surface area (Å²) in [5.74, 6) is 0.919. The van der Waals surface area contributed by atoms with Crippen molar-refractivity contribution in [3.63, 3.8) is 0 Å². The molecule has 1 unspecified atom stereocenters. The molecule has 6 heteroatoms. The van der Waals surface area contributed by atoms with E-state index >= 15 is 0 Å². The van der Waals surface area contributed by atoms with E-state index in [-0.39, 0.29) is 6.04 Å². The predicted molar refractivity (Wildman–Crippen MR) is 83.7 cm³/mol. The first kappa shape index (κ1) is 13.2. The first-order chi connectivity index (χ1) is 10.8. The first-order valence-corrected chi connectivity index (χ1v) is 7.36. The van der Waals surface area contributed by atoms with Gasteiger partial charge in [-0.15, -0.1) is 0 Å². The van der Waals surface area contributed by atoms with E-state index in [0.717, 1.165) is 17.9 Å². The van der Waals surface area contributed by atoms with Gasteiger partial charge in [-0.2, -0.15) is 0 Å². The molecule has 4 heterocycles. The number of pyridine rings is 1. The normalized spacial score (nSPS) is 18.8. The molecule has 3 aromatic heterocycles. The van der Waals surface area contributed by atoms with Gasteiger partial charge < -0.3 is 14.2 Å². The van der Waals surface area contributed by atoms with Crippen LogP contribution in [0.1, 0.15) is 11.7 Å². The van der Waals surface area contributed by atoms with Crippen molar-refractivity contribution in [2.45, 2.75) is 6.04 Å². The van der Waals surface area contributed by atoms with Crippen molar-refractivity contribution < 1.29 is 4.74 Å². The lowest BCUT2D eigenvalue weighted by atomic mass is 10.1. The molecular formula is C16H17N5O. The second-order valence-electron chi connectivity index (χ2n) is 5.40. The molecule has 22 heavy (non-hydrogen) atoms. The summed E-state index contributed by atoms with van der Waals surface area (Å²) in [6, 6.07) is 8.34. The van der Waals surface area contributed by atoms with Crippen LogP contribution in [0.5, 0.6) is 0 Å². The molecule has 112 valence electrons. The monoisotopic (exact) mass is 295 g/mol.